The van der Waals surface area contributed by atoms with E-state index in [1.807, 2.05) is 6.08 Å². The second-order valence-corrected chi connectivity index (χ2v) is 5.96. The van der Waals surface area contributed by atoms with Gasteiger partial charge in [0.1, 0.15) is 5.75 Å². The first-order valence-electron chi connectivity index (χ1n) is 8.41. The van der Waals surface area contributed by atoms with Crippen LogP contribution in [-0.2, 0) is 0 Å². The third-order valence-corrected chi connectivity index (χ3v) is 4.23. The van der Waals surface area contributed by atoms with Crippen LogP contribution in [0.15, 0.2) is 36.9 Å². The molecule has 24 heavy (non-hydrogen) atoms. The number of rotatable bonds is 8. The van der Waals surface area contributed by atoms with Crippen molar-refractivity contribution in [3.05, 3.63) is 42.5 Å². The molecule has 134 valence electrons. The van der Waals surface area contributed by atoms with Gasteiger partial charge in [0.05, 0.1) is 0 Å². The highest BCUT2D eigenvalue weighted by atomic mass is 19.4. The monoisotopic (exact) mass is 342 g/mol. The van der Waals surface area contributed by atoms with Crippen molar-refractivity contribution in [1.29, 1.82) is 0 Å². The van der Waals surface area contributed by atoms with Crippen molar-refractivity contribution in [1.82, 2.24) is 10.2 Å². The summed E-state index contributed by atoms with van der Waals surface area (Å²) in [6, 6.07) is 6.45. The van der Waals surface area contributed by atoms with Crippen LogP contribution < -0.4 is 10.1 Å². The van der Waals surface area contributed by atoms with Gasteiger partial charge in [0.25, 0.3) is 0 Å². The molecule has 1 aliphatic heterocycles. The fourth-order valence-electron chi connectivity index (χ4n) is 3.13. The summed E-state index contributed by atoms with van der Waals surface area (Å²) in [4.78, 5) is 2.25. The molecule has 2 rings (SSSR count). The third kappa shape index (κ3) is 5.83. The Hall–Kier alpha value is -1.53. The Bertz CT molecular complexity index is 513. The number of hydrogen-bond acceptors (Lipinski definition) is 3. The van der Waals surface area contributed by atoms with Gasteiger partial charge in [-0.2, -0.15) is 0 Å². The van der Waals surface area contributed by atoms with Crippen molar-refractivity contribution in [2.75, 3.05) is 26.2 Å². The molecule has 1 atom stereocenters. The molecule has 0 aromatic heterocycles. The van der Waals surface area contributed by atoms with Gasteiger partial charge in [0.2, 0.25) is 0 Å². The van der Waals surface area contributed by atoms with E-state index in [-0.39, 0.29) is 11.8 Å². The van der Waals surface area contributed by atoms with Crippen molar-refractivity contribution in [2.45, 2.75) is 38.1 Å². The molecule has 0 saturated carbocycles. The minimum absolute atomic E-state index is 0.0598. The molecule has 1 heterocycles. The number of para-hydroxylation sites is 1. The largest absolute Gasteiger partial charge is 0.573 e. The minimum Gasteiger partial charge on any atom is -0.405 e. The van der Waals surface area contributed by atoms with Crippen LogP contribution >= 0.6 is 0 Å². The van der Waals surface area contributed by atoms with Gasteiger partial charge in [0, 0.05) is 37.8 Å². The van der Waals surface area contributed by atoms with Gasteiger partial charge in [-0.05, 0) is 25.3 Å². The van der Waals surface area contributed by atoms with E-state index in [2.05, 4.69) is 21.5 Å². The van der Waals surface area contributed by atoms with Crippen molar-refractivity contribution in [3.63, 3.8) is 0 Å². The lowest BCUT2D eigenvalue weighted by molar-refractivity contribution is -0.275. The van der Waals surface area contributed by atoms with Gasteiger partial charge in [-0.3, -0.25) is 4.90 Å². The lowest BCUT2D eigenvalue weighted by atomic mass is 9.97. The smallest absolute Gasteiger partial charge is 0.405 e. The molecule has 1 aromatic rings. The van der Waals surface area contributed by atoms with Gasteiger partial charge < -0.3 is 10.1 Å². The van der Waals surface area contributed by atoms with Crippen LogP contribution in [0, 0.1) is 0 Å². The Balaban J connectivity index is 2.19. The molecule has 1 fully saturated rings. The number of ether oxygens (including phenoxy) is 1. The number of halogens is 3. The molecule has 1 N–H and O–H groups in total. The van der Waals surface area contributed by atoms with E-state index in [1.165, 1.54) is 6.07 Å². The summed E-state index contributed by atoms with van der Waals surface area (Å²) in [5, 5.41) is 3.28. The fourth-order valence-corrected chi connectivity index (χ4v) is 3.13. The van der Waals surface area contributed by atoms with Crippen LogP contribution in [0.2, 0.25) is 0 Å². The first-order chi connectivity index (χ1) is 11.5. The fraction of sp³-hybridized carbons (Fsp3) is 0.556. The summed E-state index contributed by atoms with van der Waals surface area (Å²) >= 11 is 0. The number of piperazine rings is 1. The Morgan fingerprint density at radius 2 is 1.92 bits per heavy atom. The Morgan fingerprint density at radius 1 is 1.21 bits per heavy atom. The zero-order valence-electron chi connectivity index (χ0n) is 13.8. The molecule has 0 unspecified atom stereocenters. The Morgan fingerprint density at radius 3 is 2.58 bits per heavy atom. The van der Waals surface area contributed by atoms with E-state index >= 15 is 0 Å². The average molecular weight is 342 g/mol. The molecule has 0 bridgehead atoms. The topological polar surface area (TPSA) is 24.5 Å². The molecule has 1 saturated heterocycles. The Labute approximate surface area is 141 Å². The molecule has 3 nitrogen and oxygen atoms in total. The molecular weight excluding hydrogens is 317 g/mol. The number of allylic oxidation sites excluding steroid dienone is 1. The highest BCUT2D eigenvalue weighted by Crippen LogP contribution is 2.36. The van der Waals surface area contributed by atoms with Gasteiger partial charge in [-0.25, -0.2) is 0 Å². The number of unbranched alkanes of at least 4 members (excludes halogenated alkanes) is 2. The van der Waals surface area contributed by atoms with Gasteiger partial charge in [-0.1, -0.05) is 30.7 Å². The van der Waals surface area contributed by atoms with E-state index < -0.39 is 6.36 Å². The normalized spacial score (nSPS) is 17.5. The van der Waals surface area contributed by atoms with E-state index in [4.69, 9.17) is 0 Å². The van der Waals surface area contributed by atoms with E-state index in [1.54, 1.807) is 18.2 Å². The zero-order valence-corrected chi connectivity index (χ0v) is 13.8. The lowest BCUT2D eigenvalue weighted by Crippen LogP contribution is -2.45. The van der Waals surface area contributed by atoms with Crippen LogP contribution in [0.1, 0.15) is 37.3 Å². The summed E-state index contributed by atoms with van der Waals surface area (Å²) < 4.78 is 42.4. The number of nitrogens with one attached hydrogen (secondary N) is 1. The maximum Gasteiger partial charge on any atom is 0.573 e. The predicted octanol–water partition coefficient (Wildman–Crippen LogP) is 4.28. The summed E-state index contributed by atoms with van der Waals surface area (Å²) in [7, 11) is 0. The molecule has 1 aromatic carbocycles. The second kappa shape index (κ2) is 9.08. The molecule has 1 aliphatic rings. The van der Waals surface area contributed by atoms with Crippen LogP contribution in [0.3, 0.4) is 0 Å². The second-order valence-electron chi connectivity index (χ2n) is 5.96. The van der Waals surface area contributed by atoms with E-state index in [0.717, 1.165) is 51.9 Å². The first-order valence-corrected chi connectivity index (χ1v) is 8.41. The Kier molecular flexibility index (Phi) is 7.12. The van der Waals surface area contributed by atoms with Crippen LogP contribution in [-0.4, -0.2) is 37.4 Å². The van der Waals surface area contributed by atoms with Crippen LogP contribution in [0.5, 0.6) is 5.75 Å². The third-order valence-electron chi connectivity index (χ3n) is 4.23. The van der Waals surface area contributed by atoms with Gasteiger partial charge >= 0.3 is 6.36 Å². The maximum atomic E-state index is 12.7. The summed E-state index contributed by atoms with van der Waals surface area (Å²) in [5.74, 6) is -0.0859. The van der Waals surface area contributed by atoms with Crippen LogP contribution in [0.25, 0.3) is 0 Å². The number of hydrogen-bond donors (Lipinski definition) is 1. The van der Waals surface area contributed by atoms with Crippen molar-refractivity contribution >= 4 is 0 Å². The number of alkyl halides is 3. The average Bonchev–Trinajstić information content (AvgIpc) is 2.55. The minimum atomic E-state index is -4.67. The van der Waals surface area contributed by atoms with Gasteiger partial charge in [-0.15, -0.1) is 19.8 Å². The summed E-state index contributed by atoms with van der Waals surface area (Å²) in [6.07, 6.45) is 0.879. The quantitative estimate of drug-likeness (QED) is 0.564. The molecule has 6 heteroatoms. The van der Waals surface area contributed by atoms with Crippen LogP contribution in [0.4, 0.5) is 13.2 Å². The zero-order chi connectivity index (χ0) is 17.4. The highest BCUT2D eigenvalue weighted by Gasteiger charge is 2.33. The molecular formula is C18H25F3N2O. The molecule has 0 amide bonds. The standard InChI is InChI=1S/C18H25F3N2O/c1-2-3-4-5-9-16(23-13-11-22-12-14-23)15-8-6-7-10-17(15)24-18(19,20)21/h2,6-8,10,16,22H,1,3-5,9,11-14H2/t16-/m1/s1. The molecule has 0 spiro atoms. The van der Waals surface area contributed by atoms with E-state index in [0.29, 0.717) is 5.56 Å². The SMILES string of the molecule is C=CCCCC[C@H](c1ccccc1OC(F)(F)F)N1CCNCC1. The number of benzene rings is 1. The lowest BCUT2D eigenvalue weighted by Gasteiger charge is -2.36. The van der Waals surface area contributed by atoms with Crippen molar-refractivity contribution < 1.29 is 17.9 Å². The number of nitrogens with zero attached hydrogens (tertiary/aromatic N) is 1. The van der Waals surface area contributed by atoms with E-state index in [9.17, 15) is 13.2 Å². The van der Waals surface area contributed by atoms with Crippen molar-refractivity contribution in [2.24, 2.45) is 0 Å². The molecule has 0 radical (unpaired) electrons. The first kappa shape index (κ1) is 18.8. The summed E-state index contributed by atoms with van der Waals surface area (Å²) in [6.45, 7) is 7.07. The molecule has 0 aliphatic carbocycles. The van der Waals surface area contributed by atoms with Gasteiger partial charge in [0.15, 0.2) is 0 Å². The summed E-state index contributed by atoms with van der Waals surface area (Å²) in [5.41, 5.74) is 0.621. The predicted molar refractivity (Wildman–Crippen MR) is 89.0 cm³/mol. The van der Waals surface area contributed by atoms with Crippen molar-refractivity contribution in [3.8, 4) is 5.75 Å². The maximum absolute atomic E-state index is 12.7. The highest BCUT2D eigenvalue weighted by molar-refractivity contribution is 5.36.